The largest absolute Gasteiger partial charge is 0.337 e. The van der Waals surface area contributed by atoms with Gasteiger partial charge < -0.3 is 4.90 Å². The van der Waals surface area contributed by atoms with Crippen LogP contribution in [0.25, 0.3) is 18.2 Å². The smallest absolute Gasteiger partial charge is 0.0707 e. The van der Waals surface area contributed by atoms with Gasteiger partial charge in [0.15, 0.2) is 0 Å². The highest BCUT2D eigenvalue weighted by atomic mass is 15.1. The molecule has 0 saturated carbocycles. The third kappa shape index (κ3) is 3.68. The van der Waals surface area contributed by atoms with Crippen molar-refractivity contribution in [1.29, 1.82) is 0 Å². The van der Waals surface area contributed by atoms with Crippen molar-refractivity contribution in [2.24, 2.45) is 0 Å². The summed E-state index contributed by atoms with van der Waals surface area (Å²) in [5.41, 5.74) is 4.89. The normalized spacial score (nSPS) is 16.3. The monoisotopic (exact) mass is 335 g/mol. The third-order valence-corrected chi connectivity index (χ3v) is 4.52. The summed E-state index contributed by atoms with van der Waals surface area (Å²) >= 11 is 0. The molecule has 0 aliphatic carbocycles. The van der Waals surface area contributed by atoms with E-state index in [9.17, 15) is 0 Å². The molecule has 0 N–H and O–H groups in total. The van der Waals surface area contributed by atoms with Crippen molar-refractivity contribution in [3.8, 4) is 0 Å². The lowest BCUT2D eigenvalue weighted by Crippen LogP contribution is -2.29. The molecule has 1 aliphatic heterocycles. The number of hydrogen-bond acceptors (Lipinski definition) is 1. The molecular weight excluding hydrogens is 314 g/mol. The van der Waals surface area contributed by atoms with Crippen molar-refractivity contribution in [1.82, 2.24) is 0 Å². The Morgan fingerprint density at radius 2 is 1.27 bits per heavy atom. The van der Waals surface area contributed by atoms with Crippen LogP contribution in [0.1, 0.15) is 16.7 Å². The molecular formula is C25H21N. The molecule has 0 bridgehead atoms. The number of fused-ring (bicyclic) bond motifs is 1. The molecule has 1 heterocycles. The number of benzene rings is 3. The Hall–Kier alpha value is -3.32. The average molecular weight is 335 g/mol. The summed E-state index contributed by atoms with van der Waals surface area (Å²) in [5.74, 6) is 0. The summed E-state index contributed by atoms with van der Waals surface area (Å²) in [6.07, 6.45) is 13.2. The van der Waals surface area contributed by atoms with Crippen molar-refractivity contribution >= 4 is 23.9 Å². The van der Waals surface area contributed by atoms with Gasteiger partial charge in [-0.25, -0.2) is 0 Å². The summed E-state index contributed by atoms with van der Waals surface area (Å²) in [6.45, 7) is 0. The molecule has 3 aromatic rings. The first-order valence-electron chi connectivity index (χ1n) is 8.92. The van der Waals surface area contributed by atoms with E-state index in [2.05, 4.69) is 114 Å². The Morgan fingerprint density at radius 1 is 0.654 bits per heavy atom. The second kappa shape index (κ2) is 7.71. The first-order chi connectivity index (χ1) is 12.9. The van der Waals surface area contributed by atoms with Gasteiger partial charge in [-0.05, 0) is 28.8 Å². The van der Waals surface area contributed by atoms with Crippen LogP contribution in [0.4, 0.5) is 5.69 Å². The first kappa shape index (κ1) is 16.2. The van der Waals surface area contributed by atoms with E-state index < -0.39 is 0 Å². The van der Waals surface area contributed by atoms with Gasteiger partial charge in [0.25, 0.3) is 0 Å². The topological polar surface area (TPSA) is 3.24 Å². The summed E-state index contributed by atoms with van der Waals surface area (Å²) in [6, 6.07) is 29.6. The van der Waals surface area contributed by atoms with E-state index in [1.54, 1.807) is 0 Å². The average Bonchev–Trinajstić information content (AvgIpc) is 2.72. The maximum Gasteiger partial charge on any atom is 0.0707 e. The predicted molar refractivity (Wildman–Crippen MR) is 113 cm³/mol. The fourth-order valence-electron chi connectivity index (χ4n) is 3.16. The Kier molecular flexibility index (Phi) is 4.79. The summed E-state index contributed by atoms with van der Waals surface area (Å²) in [4.78, 5) is 2.32. The van der Waals surface area contributed by atoms with Crippen LogP contribution in [-0.2, 0) is 0 Å². The minimum atomic E-state index is 0.185. The van der Waals surface area contributed by atoms with E-state index in [0.29, 0.717) is 0 Å². The van der Waals surface area contributed by atoms with Crippen LogP contribution < -0.4 is 4.90 Å². The molecule has 4 rings (SSSR count). The number of hydrogen-bond donors (Lipinski definition) is 0. The highest BCUT2D eigenvalue weighted by Crippen LogP contribution is 2.30. The maximum absolute atomic E-state index is 2.32. The predicted octanol–water partition coefficient (Wildman–Crippen LogP) is 6.27. The van der Waals surface area contributed by atoms with E-state index in [1.807, 2.05) is 12.1 Å². The first-order valence-corrected chi connectivity index (χ1v) is 8.92. The zero-order valence-electron chi connectivity index (χ0n) is 14.6. The Labute approximate surface area is 155 Å². The molecule has 126 valence electrons. The fourth-order valence-corrected chi connectivity index (χ4v) is 3.16. The zero-order valence-corrected chi connectivity index (χ0v) is 14.6. The Bertz CT molecular complexity index is 936. The van der Waals surface area contributed by atoms with Gasteiger partial charge >= 0.3 is 0 Å². The van der Waals surface area contributed by atoms with E-state index in [0.717, 1.165) is 0 Å². The SMILES string of the molecule is C(=CC1C=Cc2ccccc2N1C=Cc1ccccc1)c1ccccc1. The molecule has 0 amide bonds. The van der Waals surface area contributed by atoms with Gasteiger partial charge in [0, 0.05) is 11.9 Å². The van der Waals surface area contributed by atoms with Gasteiger partial charge in [0.05, 0.1) is 6.04 Å². The second-order valence-electron chi connectivity index (χ2n) is 6.31. The highest BCUT2D eigenvalue weighted by molar-refractivity contribution is 5.76. The highest BCUT2D eigenvalue weighted by Gasteiger charge is 2.18. The van der Waals surface area contributed by atoms with Gasteiger partial charge in [0.1, 0.15) is 0 Å². The number of para-hydroxylation sites is 1. The molecule has 0 spiro atoms. The van der Waals surface area contributed by atoms with Crippen LogP contribution in [0.5, 0.6) is 0 Å². The minimum Gasteiger partial charge on any atom is -0.337 e. The van der Waals surface area contributed by atoms with Crippen LogP contribution in [-0.4, -0.2) is 6.04 Å². The molecule has 1 unspecified atom stereocenters. The Balaban J connectivity index is 1.66. The lowest BCUT2D eigenvalue weighted by atomic mass is 10.0. The third-order valence-electron chi connectivity index (χ3n) is 4.52. The van der Waals surface area contributed by atoms with Crippen LogP contribution in [0.2, 0.25) is 0 Å². The van der Waals surface area contributed by atoms with E-state index >= 15 is 0 Å². The number of rotatable bonds is 4. The molecule has 0 aromatic heterocycles. The summed E-state index contributed by atoms with van der Waals surface area (Å²) < 4.78 is 0. The van der Waals surface area contributed by atoms with Crippen LogP contribution in [0.15, 0.2) is 103 Å². The standard InChI is InChI=1S/C25H21N/c1-3-9-21(10-4-1)15-17-24-18-16-23-13-7-8-14-25(23)26(24)20-19-22-11-5-2-6-12-22/h1-20,24H. The lowest BCUT2D eigenvalue weighted by molar-refractivity contribution is 0.933. The van der Waals surface area contributed by atoms with Crippen LogP contribution >= 0.6 is 0 Å². The van der Waals surface area contributed by atoms with Crippen molar-refractivity contribution in [2.75, 3.05) is 4.90 Å². The van der Waals surface area contributed by atoms with Gasteiger partial charge in [-0.1, -0.05) is 103 Å². The quantitative estimate of drug-likeness (QED) is 0.543. The number of nitrogens with zero attached hydrogens (tertiary/aromatic N) is 1. The van der Waals surface area contributed by atoms with Crippen molar-refractivity contribution in [3.63, 3.8) is 0 Å². The molecule has 0 fully saturated rings. The molecule has 1 atom stereocenters. The molecule has 1 nitrogen and oxygen atoms in total. The van der Waals surface area contributed by atoms with E-state index in [-0.39, 0.29) is 6.04 Å². The van der Waals surface area contributed by atoms with Crippen LogP contribution in [0, 0.1) is 0 Å². The van der Waals surface area contributed by atoms with Crippen molar-refractivity contribution < 1.29 is 0 Å². The minimum absolute atomic E-state index is 0.185. The molecule has 1 heteroatoms. The molecule has 0 radical (unpaired) electrons. The van der Waals surface area contributed by atoms with Crippen molar-refractivity contribution in [3.05, 3.63) is 120 Å². The van der Waals surface area contributed by atoms with E-state index in [4.69, 9.17) is 0 Å². The molecule has 26 heavy (non-hydrogen) atoms. The molecule has 3 aromatic carbocycles. The van der Waals surface area contributed by atoms with E-state index in [1.165, 1.54) is 22.4 Å². The van der Waals surface area contributed by atoms with Crippen molar-refractivity contribution in [2.45, 2.75) is 6.04 Å². The number of anilines is 1. The summed E-state index contributed by atoms with van der Waals surface area (Å²) in [5, 5.41) is 0. The van der Waals surface area contributed by atoms with Gasteiger partial charge in [0.2, 0.25) is 0 Å². The zero-order chi connectivity index (χ0) is 17.6. The molecule has 1 aliphatic rings. The van der Waals surface area contributed by atoms with Gasteiger partial charge in [-0.2, -0.15) is 0 Å². The lowest BCUT2D eigenvalue weighted by Gasteiger charge is -2.31. The van der Waals surface area contributed by atoms with Gasteiger partial charge in [-0.3, -0.25) is 0 Å². The maximum atomic E-state index is 2.32. The fraction of sp³-hybridized carbons (Fsp3) is 0.0400. The summed E-state index contributed by atoms with van der Waals surface area (Å²) in [7, 11) is 0. The Morgan fingerprint density at radius 3 is 2.00 bits per heavy atom. The molecule has 0 saturated heterocycles. The van der Waals surface area contributed by atoms with Gasteiger partial charge in [-0.15, -0.1) is 0 Å². The van der Waals surface area contributed by atoms with Crippen LogP contribution in [0.3, 0.4) is 0 Å². The second-order valence-corrected chi connectivity index (χ2v) is 6.31.